The van der Waals surface area contributed by atoms with Crippen molar-refractivity contribution in [3.8, 4) is 22.6 Å². The molecule has 0 atom stereocenters. The SMILES string of the molecule is O=C(CCc1ncc(-c2c(F)cccc2F)o1)Nc1nc(-c2cccc(F)c2)cs1. The van der Waals surface area contributed by atoms with Crippen LogP contribution in [0.1, 0.15) is 12.3 Å². The van der Waals surface area contributed by atoms with Crippen LogP contribution < -0.4 is 5.32 Å². The number of carbonyl (C=O) groups excluding carboxylic acids is 1. The van der Waals surface area contributed by atoms with E-state index in [0.29, 0.717) is 16.4 Å². The minimum Gasteiger partial charge on any atom is -0.441 e. The zero-order chi connectivity index (χ0) is 21.1. The summed E-state index contributed by atoms with van der Waals surface area (Å²) in [6.07, 6.45) is 1.40. The van der Waals surface area contributed by atoms with Gasteiger partial charge >= 0.3 is 0 Å². The van der Waals surface area contributed by atoms with Gasteiger partial charge in [-0.05, 0) is 24.3 Å². The standard InChI is InChI=1S/C21H14F3N3O2S/c22-13-4-1-3-12(9-13)16-11-30-21(26-16)27-18(28)7-8-19-25-10-17(29-19)20-14(23)5-2-6-15(20)24/h1-6,9-11H,7-8H2,(H,26,27,28). The van der Waals surface area contributed by atoms with Crippen LogP contribution in [0.4, 0.5) is 18.3 Å². The summed E-state index contributed by atoms with van der Waals surface area (Å²) in [5, 5.41) is 4.75. The van der Waals surface area contributed by atoms with Crippen LogP contribution in [0.25, 0.3) is 22.6 Å². The Morgan fingerprint density at radius 1 is 1.10 bits per heavy atom. The maximum absolute atomic E-state index is 13.8. The van der Waals surface area contributed by atoms with Gasteiger partial charge in [-0.3, -0.25) is 4.79 Å². The average molecular weight is 429 g/mol. The number of nitrogens with zero attached hydrogens (tertiary/aromatic N) is 2. The molecular weight excluding hydrogens is 415 g/mol. The second-order valence-corrected chi connectivity index (χ2v) is 7.17. The Morgan fingerprint density at radius 3 is 2.63 bits per heavy atom. The smallest absolute Gasteiger partial charge is 0.226 e. The lowest BCUT2D eigenvalue weighted by atomic mass is 10.1. The molecule has 2 heterocycles. The Labute approximate surface area is 173 Å². The molecule has 0 fully saturated rings. The van der Waals surface area contributed by atoms with E-state index in [-0.39, 0.29) is 41.8 Å². The molecule has 9 heteroatoms. The first kappa shape index (κ1) is 19.8. The van der Waals surface area contributed by atoms with Crippen molar-refractivity contribution in [2.24, 2.45) is 0 Å². The van der Waals surface area contributed by atoms with Crippen molar-refractivity contribution in [2.75, 3.05) is 5.32 Å². The number of hydrogen-bond acceptors (Lipinski definition) is 5. The van der Waals surface area contributed by atoms with Crippen LogP contribution in [-0.2, 0) is 11.2 Å². The van der Waals surface area contributed by atoms with Gasteiger partial charge in [-0.1, -0.05) is 18.2 Å². The molecule has 0 unspecified atom stereocenters. The molecule has 4 aromatic rings. The fourth-order valence-electron chi connectivity index (χ4n) is 2.79. The van der Waals surface area contributed by atoms with Crippen LogP contribution in [0.5, 0.6) is 0 Å². The van der Waals surface area contributed by atoms with Crippen LogP contribution in [-0.4, -0.2) is 15.9 Å². The predicted octanol–water partition coefficient (Wildman–Crippen LogP) is 5.45. The van der Waals surface area contributed by atoms with E-state index in [1.165, 1.54) is 35.7 Å². The molecule has 0 aliphatic rings. The second-order valence-electron chi connectivity index (χ2n) is 6.31. The largest absolute Gasteiger partial charge is 0.441 e. The molecule has 152 valence electrons. The number of benzene rings is 2. The number of oxazole rings is 1. The zero-order valence-corrected chi connectivity index (χ0v) is 16.2. The summed E-state index contributed by atoms with van der Waals surface area (Å²) in [6.45, 7) is 0. The Bertz CT molecular complexity index is 1190. The van der Waals surface area contributed by atoms with E-state index < -0.39 is 11.6 Å². The van der Waals surface area contributed by atoms with Crippen molar-refractivity contribution >= 4 is 22.4 Å². The molecule has 0 aliphatic heterocycles. The van der Waals surface area contributed by atoms with Crippen molar-refractivity contribution in [2.45, 2.75) is 12.8 Å². The summed E-state index contributed by atoms with van der Waals surface area (Å²) < 4.78 is 46.4. The minimum atomic E-state index is -0.756. The topological polar surface area (TPSA) is 68.0 Å². The minimum absolute atomic E-state index is 0.0363. The molecule has 0 saturated heterocycles. The van der Waals surface area contributed by atoms with E-state index >= 15 is 0 Å². The summed E-state index contributed by atoms with van der Waals surface area (Å²) >= 11 is 1.22. The summed E-state index contributed by atoms with van der Waals surface area (Å²) in [6, 6.07) is 9.52. The van der Waals surface area contributed by atoms with Crippen LogP contribution in [0.2, 0.25) is 0 Å². The maximum Gasteiger partial charge on any atom is 0.226 e. The number of aryl methyl sites for hydroxylation is 1. The highest BCUT2D eigenvalue weighted by molar-refractivity contribution is 7.14. The molecule has 0 radical (unpaired) electrons. The van der Waals surface area contributed by atoms with Gasteiger partial charge in [-0.2, -0.15) is 0 Å². The van der Waals surface area contributed by atoms with Gasteiger partial charge in [0.25, 0.3) is 0 Å². The molecule has 2 aromatic carbocycles. The summed E-state index contributed by atoms with van der Waals surface area (Å²) in [4.78, 5) is 20.4. The van der Waals surface area contributed by atoms with Crippen LogP contribution in [0.3, 0.4) is 0 Å². The lowest BCUT2D eigenvalue weighted by Gasteiger charge is -2.01. The number of aromatic nitrogens is 2. The van der Waals surface area contributed by atoms with E-state index in [4.69, 9.17) is 4.42 Å². The second kappa shape index (κ2) is 8.50. The number of rotatable bonds is 6. The van der Waals surface area contributed by atoms with Gasteiger partial charge in [0.1, 0.15) is 17.5 Å². The number of anilines is 1. The van der Waals surface area contributed by atoms with Gasteiger partial charge in [0.05, 0.1) is 17.5 Å². The van der Waals surface area contributed by atoms with Crippen molar-refractivity contribution in [1.82, 2.24) is 9.97 Å². The highest BCUT2D eigenvalue weighted by Gasteiger charge is 2.16. The van der Waals surface area contributed by atoms with Crippen molar-refractivity contribution in [3.63, 3.8) is 0 Å². The zero-order valence-electron chi connectivity index (χ0n) is 15.4. The number of halogens is 3. The van der Waals surface area contributed by atoms with E-state index in [9.17, 15) is 18.0 Å². The highest BCUT2D eigenvalue weighted by atomic mass is 32.1. The monoisotopic (exact) mass is 429 g/mol. The first-order valence-electron chi connectivity index (χ1n) is 8.90. The average Bonchev–Trinajstić information content (AvgIpc) is 3.36. The lowest BCUT2D eigenvalue weighted by Crippen LogP contribution is -2.12. The third kappa shape index (κ3) is 4.41. The Kier molecular flexibility index (Phi) is 5.62. The third-order valence-corrected chi connectivity index (χ3v) is 4.96. The van der Waals surface area contributed by atoms with Crippen molar-refractivity contribution in [3.05, 3.63) is 77.4 Å². The molecule has 0 spiro atoms. The van der Waals surface area contributed by atoms with Gasteiger partial charge in [0.2, 0.25) is 5.91 Å². The molecular formula is C21H14F3N3O2S. The molecule has 5 nitrogen and oxygen atoms in total. The van der Waals surface area contributed by atoms with E-state index in [1.807, 2.05) is 0 Å². The number of hydrogen-bond donors (Lipinski definition) is 1. The fourth-order valence-corrected chi connectivity index (χ4v) is 3.52. The molecule has 30 heavy (non-hydrogen) atoms. The number of carbonyl (C=O) groups is 1. The van der Waals surface area contributed by atoms with Crippen molar-refractivity contribution < 1.29 is 22.4 Å². The van der Waals surface area contributed by atoms with Crippen LogP contribution in [0, 0.1) is 17.5 Å². The summed E-state index contributed by atoms with van der Waals surface area (Å²) in [7, 11) is 0. The first-order chi connectivity index (χ1) is 14.5. The third-order valence-electron chi connectivity index (χ3n) is 4.20. The van der Waals surface area contributed by atoms with Gasteiger partial charge in [-0.25, -0.2) is 23.1 Å². The maximum atomic E-state index is 13.8. The normalized spacial score (nSPS) is 10.9. The summed E-state index contributed by atoms with van der Waals surface area (Å²) in [5.74, 6) is -2.07. The predicted molar refractivity (Wildman–Crippen MR) is 106 cm³/mol. The molecule has 0 bridgehead atoms. The van der Waals surface area contributed by atoms with Crippen LogP contribution >= 0.6 is 11.3 Å². The molecule has 1 amide bonds. The number of amides is 1. The Morgan fingerprint density at radius 2 is 1.87 bits per heavy atom. The Hall–Kier alpha value is -3.46. The van der Waals surface area contributed by atoms with E-state index in [1.54, 1.807) is 17.5 Å². The highest BCUT2D eigenvalue weighted by Crippen LogP contribution is 2.27. The molecule has 1 N–H and O–H groups in total. The van der Waals surface area contributed by atoms with E-state index in [0.717, 1.165) is 12.1 Å². The van der Waals surface area contributed by atoms with Gasteiger partial charge in [0.15, 0.2) is 16.8 Å². The Balaban J connectivity index is 1.36. The summed E-state index contributed by atoms with van der Waals surface area (Å²) in [5.41, 5.74) is 0.867. The van der Waals surface area contributed by atoms with Crippen LogP contribution in [0.15, 0.2) is 58.5 Å². The van der Waals surface area contributed by atoms with Gasteiger partial charge in [-0.15, -0.1) is 11.3 Å². The number of thiazole rings is 1. The molecule has 0 aliphatic carbocycles. The number of nitrogens with one attached hydrogen (secondary N) is 1. The lowest BCUT2D eigenvalue weighted by molar-refractivity contribution is -0.116. The molecule has 2 aromatic heterocycles. The van der Waals surface area contributed by atoms with E-state index in [2.05, 4.69) is 15.3 Å². The van der Waals surface area contributed by atoms with Crippen molar-refractivity contribution in [1.29, 1.82) is 0 Å². The first-order valence-corrected chi connectivity index (χ1v) is 9.78. The van der Waals surface area contributed by atoms with Gasteiger partial charge < -0.3 is 9.73 Å². The van der Waals surface area contributed by atoms with Gasteiger partial charge in [0, 0.05) is 23.8 Å². The molecule has 4 rings (SSSR count). The molecule has 0 saturated carbocycles. The fraction of sp³-hybridized carbons (Fsp3) is 0.0952. The quantitative estimate of drug-likeness (QED) is 0.442.